The fraction of sp³-hybridized carbons (Fsp3) is 0.478. The quantitative estimate of drug-likeness (QED) is 0.616. The molecule has 34 heavy (non-hydrogen) atoms. The Hall–Kier alpha value is -3.47. The van der Waals surface area contributed by atoms with E-state index in [-0.39, 0.29) is 24.4 Å². The molecule has 2 aliphatic heterocycles. The number of nitrogens with zero attached hydrogens (tertiary/aromatic N) is 5. The van der Waals surface area contributed by atoms with Crippen LogP contribution in [0.1, 0.15) is 37.9 Å². The molecule has 2 N–H and O–H groups in total. The molecule has 4 rings (SSSR count). The molecule has 0 saturated carbocycles. The molecule has 2 aromatic rings. The van der Waals surface area contributed by atoms with Gasteiger partial charge in [0.25, 0.3) is 0 Å². The molecule has 1 aromatic heterocycles. The van der Waals surface area contributed by atoms with Gasteiger partial charge in [-0.1, -0.05) is 24.3 Å². The molecule has 1 unspecified atom stereocenters. The first-order valence-corrected chi connectivity index (χ1v) is 11.2. The van der Waals surface area contributed by atoms with Crippen molar-refractivity contribution in [1.82, 2.24) is 19.8 Å². The first kappa shape index (κ1) is 23.7. The molecule has 0 radical (unpaired) electrons. The molecule has 2 aliphatic rings. The van der Waals surface area contributed by atoms with Crippen molar-refractivity contribution >= 4 is 24.0 Å². The van der Waals surface area contributed by atoms with Crippen molar-refractivity contribution in [2.24, 2.45) is 0 Å². The highest BCUT2D eigenvalue weighted by Crippen LogP contribution is 2.30. The van der Waals surface area contributed by atoms with Gasteiger partial charge in [0.15, 0.2) is 0 Å². The molecule has 3 heterocycles. The van der Waals surface area contributed by atoms with E-state index >= 15 is 0 Å². The maximum Gasteiger partial charge on any atom is 0.416 e. The van der Waals surface area contributed by atoms with E-state index < -0.39 is 23.7 Å². The van der Waals surface area contributed by atoms with Gasteiger partial charge in [-0.2, -0.15) is 14.4 Å². The fourth-order valence-electron chi connectivity index (χ4n) is 4.15. The van der Waals surface area contributed by atoms with Crippen LogP contribution in [0.2, 0.25) is 0 Å². The van der Waals surface area contributed by atoms with E-state index in [0.29, 0.717) is 26.2 Å². The lowest BCUT2D eigenvalue weighted by Gasteiger charge is -2.33. The van der Waals surface area contributed by atoms with E-state index in [9.17, 15) is 14.0 Å². The Morgan fingerprint density at radius 2 is 1.88 bits per heavy atom. The highest BCUT2D eigenvalue weighted by Gasteiger charge is 2.42. The Morgan fingerprint density at radius 3 is 2.47 bits per heavy atom. The Morgan fingerprint density at radius 1 is 1.21 bits per heavy atom. The van der Waals surface area contributed by atoms with Crippen LogP contribution in [-0.2, 0) is 11.3 Å². The zero-order valence-electron chi connectivity index (χ0n) is 19.5. The number of rotatable bonds is 6. The lowest BCUT2D eigenvalue weighted by atomic mass is 10.1. The molecular weight excluding hydrogens is 443 g/mol. The highest BCUT2D eigenvalue weighted by molar-refractivity contribution is 5.90. The number of halogens is 1. The predicted molar refractivity (Wildman–Crippen MR) is 123 cm³/mol. The molecule has 0 spiro atoms. The third-order valence-corrected chi connectivity index (χ3v) is 6.12. The number of benzene rings is 1. The second kappa shape index (κ2) is 9.41. The van der Waals surface area contributed by atoms with Crippen LogP contribution < -0.4 is 10.2 Å². The van der Waals surface area contributed by atoms with E-state index in [4.69, 9.17) is 9.84 Å². The molecule has 2 amide bonds. The van der Waals surface area contributed by atoms with Crippen molar-refractivity contribution in [2.75, 3.05) is 43.0 Å². The van der Waals surface area contributed by atoms with E-state index in [1.54, 1.807) is 0 Å². The molecule has 1 atom stereocenters. The van der Waals surface area contributed by atoms with Gasteiger partial charge < -0.3 is 20.1 Å². The highest BCUT2D eigenvalue weighted by atomic mass is 19.1. The number of hydrogen-bond acceptors (Lipinski definition) is 7. The molecule has 0 aliphatic carbocycles. The summed E-state index contributed by atoms with van der Waals surface area (Å²) in [6.07, 6.45) is -1.44. The first-order chi connectivity index (χ1) is 16.1. The van der Waals surface area contributed by atoms with Crippen LogP contribution in [0.3, 0.4) is 0 Å². The molecule has 1 aromatic carbocycles. The summed E-state index contributed by atoms with van der Waals surface area (Å²) in [5, 5.41) is 12.2. The molecule has 2 fully saturated rings. The van der Waals surface area contributed by atoms with Gasteiger partial charge in [0.2, 0.25) is 11.9 Å². The SMILES string of the molecule is CC(Nc1nc(F)cc(N2C(=O)OCC2(C)C)n1)c1ccc(CN2CCN(C(=O)O)CC2)cc1. The van der Waals surface area contributed by atoms with E-state index in [2.05, 4.69) is 20.2 Å². The van der Waals surface area contributed by atoms with Crippen molar-refractivity contribution in [2.45, 2.75) is 38.9 Å². The van der Waals surface area contributed by atoms with E-state index in [1.807, 2.05) is 45.0 Å². The monoisotopic (exact) mass is 472 g/mol. The average Bonchev–Trinajstić information content (AvgIpc) is 3.06. The summed E-state index contributed by atoms with van der Waals surface area (Å²) in [6, 6.07) is 8.94. The van der Waals surface area contributed by atoms with Gasteiger partial charge in [0.05, 0.1) is 11.6 Å². The summed E-state index contributed by atoms with van der Waals surface area (Å²) < 4.78 is 19.3. The summed E-state index contributed by atoms with van der Waals surface area (Å²) >= 11 is 0. The number of hydrogen-bond donors (Lipinski definition) is 2. The van der Waals surface area contributed by atoms with E-state index in [0.717, 1.165) is 23.7 Å². The van der Waals surface area contributed by atoms with E-state index in [1.165, 1.54) is 9.80 Å². The molecule has 2 saturated heterocycles. The minimum absolute atomic E-state index is 0.0818. The van der Waals surface area contributed by atoms with Gasteiger partial charge in [-0.3, -0.25) is 9.80 Å². The summed E-state index contributed by atoms with van der Waals surface area (Å²) in [7, 11) is 0. The van der Waals surface area contributed by atoms with Crippen LogP contribution >= 0.6 is 0 Å². The van der Waals surface area contributed by atoms with Gasteiger partial charge in [0.1, 0.15) is 12.4 Å². The van der Waals surface area contributed by atoms with Crippen molar-refractivity contribution < 1.29 is 23.8 Å². The zero-order valence-corrected chi connectivity index (χ0v) is 19.5. The standard InChI is InChI=1S/C23H29FN6O4/c1-15(17-6-4-16(5-7-17)13-28-8-10-29(11-9-28)21(31)32)25-20-26-18(24)12-19(27-20)30-22(33)34-14-23(30,2)3/h4-7,12,15H,8-11,13-14H2,1-3H3,(H,31,32)(H,25,26,27). The summed E-state index contributed by atoms with van der Waals surface area (Å²) in [5.74, 6) is -0.514. The van der Waals surface area contributed by atoms with Crippen LogP contribution in [0.4, 0.5) is 25.7 Å². The zero-order chi connectivity index (χ0) is 24.5. The molecule has 182 valence electrons. The predicted octanol–water partition coefficient (Wildman–Crippen LogP) is 3.32. The van der Waals surface area contributed by atoms with Crippen LogP contribution in [0.5, 0.6) is 0 Å². The Kier molecular flexibility index (Phi) is 6.56. The molecular formula is C23H29FN6O4. The number of anilines is 2. The van der Waals surface area contributed by atoms with Gasteiger partial charge in [-0.05, 0) is 31.9 Å². The number of ether oxygens (including phenoxy) is 1. The molecule has 11 heteroatoms. The minimum Gasteiger partial charge on any atom is -0.465 e. The molecule has 0 bridgehead atoms. The van der Waals surface area contributed by atoms with Gasteiger partial charge in [-0.15, -0.1) is 0 Å². The number of carbonyl (C=O) groups is 2. The second-order valence-corrected chi connectivity index (χ2v) is 9.23. The van der Waals surface area contributed by atoms with Crippen molar-refractivity contribution in [3.8, 4) is 0 Å². The minimum atomic E-state index is -0.871. The summed E-state index contributed by atoms with van der Waals surface area (Å²) in [4.78, 5) is 36.4. The van der Waals surface area contributed by atoms with Crippen molar-refractivity contribution in [1.29, 1.82) is 0 Å². The average molecular weight is 473 g/mol. The van der Waals surface area contributed by atoms with Gasteiger partial charge >= 0.3 is 12.2 Å². The smallest absolute Gasteiger partial charge is 0.416 e. The van der Waals surface area contributed by atoms with Gasteiger partial charge in [-0.25, -0.2) is 9.59 Å². The number of carboxylic acid groups (broad SMARTS) is 1. The van der Waals surface area contributed by atoms with Crippen LogP contribution in [-0.4, -0.2) is 75.4 Å². The first-order valence-electron chi connectivity index (χ1n) is 11.2. The van der Waals surface area contributed by atoms with Crippen LogP contribution in [0.15, 0.2) is 30.3 Å². The number of aromatic nitrogens is 2. The number of cyclic esters (lactones) is 1. The fourth-order valence-corrected chi connectivity index (χ4v) is 4.15. The van der Waals surface area contributed by atoms with Crippen LogP contribution in [0.25, 0.3) is 0 Å². The number of piperazine rings is 1. The Labute approximate surface area is 197 Å². The number of nitrogens with one attached hydrogen (secondary N) is 1. The maximum atomic E-state index is 14.2. The van der Waals surface area contributed by atoms with Crippen LogP contribution in [0, 0.1) is 5.95 Å². The lowest BCUT2D eigenvalue weighted by molar-refractivity contribution is 0.103. The third kappa shape index (κ3) is 5.19. The topological polar surface area (TPSA) is 111 Å². The Balaban J connectivity index is 1.39. The maximum absolute atomic E-state index is 14.2. The third-order valence-electron chi connectivity index (χ3n) is 6.12. The largest absolute Gasteiger partial charge is 0.465 e. The van der Waals surface area contributed by atoms with Crippen molar-refractivity contribution in [3.05, 3.63) is 47.4 Å². The second-order valence-electron chi connectivity index (χ2n) is 9.23. The van der Waals surface area contributed by atoms with Gasteiger partial charge in [0, 0.05) is 38.8 Å². The lowest BCUT2D eigenvalue weighted by Crippen LogP contribution is -2.47. The summed E-state index contributed by atoms with van der Waals surface area (Å²) in [5.41, 5.74) is 1.45. The normalized spacial score (nSPS) is 19.1. The Bertz CT molecular complexity index is 1060. The molecule has 10 nitrogen and oxygen atoms in total. The number of amides is 2. The summed E-state index contributed by atoms with van der Waals surface area (Å²) in [6.45, 7) is 8.92. The van der Waals surface area contributed by atoms with Crippen molar-refractivity contribution in [3.63, 3.8) is 0 Å². The number of carbonyl (C=O) groups excluding carboxylic acids is 1.